The topological polar surface area (TPSA) is 77.8 Å². The highest BCUT2D eigenvalue weighted by Gasteiger charge is 2.31. The zero-order valence-electron chi connectivity index (χ0n) is 8.76. The van der Waals surface area contributed by atoms with Gasteiger partial charge in [0, 0.05) is 13.0 Å². The third kappa shape index (κ3) is 2.19. The lowest BCUT2D eigenvalue weighted by Crippen LogP contribution is -2.24. The van der Waals surface area contributed by atoms with Gasteiger partial charge in [-0.1, -0.05) is 0 Å². The number of alkyl halides is 1. The number of rotatable bonds is 2. The van der Waals surface area contributed by atoms with Gasteiger partial charge in [0.2, 0.25) is 5.91 Å². The van der Waals surface area contributed by atoms with Crippen LogP contribution >= 0.6 is 11.6 Å². The van der Waals surface area contributed by atoms with Crippen LogP contribution in [0.2, 0.25) is 0 Å². The maximum Gasteiger partial charge on any atom is 0.335 e. The molecule has 1 saturated heterocycles. The van der Waals surface area contributed by atoms with Crippen LogP contribution in [-0.2, 0) is 4.79 Å². The Morgan fingerprint density at radius 2 is 2.18 bits per heavy atom. The number of carboxylic acids is 1. The summed E-state index contributed by atoms with van der Waals surface area (Å²) in [6, 6.07) is 3.80. The molecule has 2 rings (SSSR count). The number of carbonyl (C=O) groups excluding carboxylic acids is 1. The Hall–Kier alpha value is -1.75. The molecule has 0 aliphatic carbocycles. The van der Waals surface area contributed by atoms with Crippen LogP contribution in [-0.4, -0.2) is 34.0 Å². The molecular formula is C11H10ClNO4. The first kappa shape index (κ1) is 11.7. The number of carbonyl (C=O) groups is 2. The number of aromatic hydroxyl groups is 1. The number of halogens is 1. The average Bonchev–Trinajstić information content (AvgIpc) is 2.58. The van der Waals surface area contributed by atoms with Crippen molar-refractivity contribution in [3.05, 3.63) is 23.8 Å². The van der Waals surface area contributed by atoms with Gasteiger partial charge in [0.1, 0.15) is 5.75 Å². The highest BCUT2D eigenvalue weighted by molar-refractivity contribution is 6.24. The molecule has 1 atom stereocenters. The largest absolute Gasteiger partial charge is 0.506 e. The molecule has 5 nitrogen and oxygen atoms in total. The van der Waals surface area contributed by atoms with E-state index in [1.807, 2.05) is 0 Å². The molecule has 1 aromatic rings. The zero-order chi connectivity index (χ0) is 12.6. The second-order valence-corrected chi connectivity index (χ2v) is 4.43. The summed E-state index contributed by atoms with van der Waals surface area (Å²) < 4.78 is 0. The van der Waals surface area contributed by atoms with Gasteiger partial charge in [0.05, 0.1) is 16.6 Å². The first-order valence-electron chi connectivity index (χ1n) is 5.00. The van der Waals surface area contributed by atoms with Crippen molar-refractivity contribution in [3.63, 3.8) is 0 Å². The van der Waals surface area contributed by atoms with Crippen LogP contribution in [0.15, 0.2) is 18.2 Å². The van der Waals surface area contributed by atoms with Crippen LogP contribution < -0.4 is 4.90 Å². The summed E-state index contributed by atoms with van der Waals surface area (Å²) in [6.45, 7) is 0.275. The van der Waals surface area contributed by atoms with Gasteiger partial charge >= 0.3 is 5.97 Å². The number of amides is 1. The third-order valence-corrected chi connectivity index (χ3v) is 2.88. The van der Waals surface area contributed by atoms with Crippen LogP contribution in [0.4, 0.5) is 5.69 Å². The molecule has 1 aromatic carbocycles. The lowest BCUT2D eigenvalue weighted by molar-refractivity contribution is -0.117. The minimum atomic E-state index is -1.11. The predicted molar refractivity (Wildman–Crippen MR) is 61.7 cm³/mol. The fraction of sp³-hybridized carbons (Fsp3) is 0.273. The smallest absolute Gasteiger partial charge is 0.335 e. The Morgan fingerprint density at radius 1 is 1.47 bits per heavy atom. The predicted octanol–water partition coefficient (Wildman–Crippen LogP) is 1.43. The molecule has 17 heavy (non-hydrogen) atoms. The first-order valence-corrected chi connectivity index (χ1v) is 5.43. The normalized spacial score (nSPS) is 19.7. The van der Waals surface area contributed by atoms with Gasteiger partial charge in [0.15, 0.2) is 0 Å². The van der Waals surface area contributed by atoms with E-state index in [1.165, 1.54) is 23.1 Å². The summed E-state index contributed by atoms with van der Waals surface area (Å²) in [6.07, 6.45) is 0.193. The molecule has 1 aliphatic rings. The van der Waals surface area contributed by atoms with E-state index in [0.717, 1.165) is 0 Å². The fourth-order valence-corrected chi connectivity index (χ4v) is 2.04. The number of benzene rings is 1. The van der Waals surface area contributed by atoms with Crippen molar-refractivity contribution in [3.8, 4) is 5.75 Å². The average molecular weight is 256 g/mol. The fourth-order valence-electron chi connectivity index (χ4n) is 1.77. The van der Waals surface area contributed by atoms with Gasteiger partial charge < -0.3 is 15.1 Å². The summed E-state index contributed by atoms with van der Waals surface area (Å²) >= 11 is 5.85. The van der Waals surface area contributed by atoms with Gasteiger partial charge in [-0.3, -0.25) is 4.79 Å². The Kier molecular flexibility index (Phi) is 2.93. The number of phenols is 1. The van der Waals surface area contributed by atoms with Gasteiger partial charge in [-0.15, -0.1) is 11.6 Å². The summed E-state index contributed by atoms with van der Waals surface area (Å²) in [5.74, 6) is -1.46. The van der Waals surface area contributed by atoms with Crippen LogP contribution in [0.1, 0.15) is 16.8 Å². The minimum Gasteiger partial charge on any atom is -0.506 e. The molecule has 0 bridgehead atoms. The Morgan fingerprint density at radius 3 is 2.71 bits per heavy atom. The van der Waals surface area contributed by atoms with E-state index in [4.69, 9.17) is 16.7 Å². The summed E-state index contributed by atoms with van der Waals surface area (Å²) in [7, 11) is 0. The van der Waals surface area contributed by atoms with E-state index in [0.29, 0.717) is 0 Å². The van der Waals surface area contributed by atoms with Crippen molar-refractivity contribution in [1.82, 2.24) is 0 Å². The number of carboxylic acid groups (broad SMARTS) is 1. The molecule has 1 amide bonds. The molecule has 6 heteroatoms. The van der Waals surface area contributed by atoms with E-state index in [1.54, 1.807) is 0 Å². The Balaban J connectivity index is 2.41. The standard InChI is InChI=1S/C11H10ClNO4/c12-7-4-10(15)13(5-7)8-3-6(11(16)17)1-2-9(8)14/h1-3,7,14H,4-5H2,(H,16,17). The molecule has 0 spiro atoms. The quantitative estimate of drug-likeness (QED) is 0.784. The lowest BCUT2D eigenvalue weighted by atomic mass is 10.1. The maximum atomic E-state index is 11.6. The van der Waals surface area contributed by atoms with Crippen molar-refractivity contribution in [2.45, 2.75) is 11.8 Å². The molecule has 0 aromatic heterocycles. The number of hydrogen-bond donors (Lipinski definition) is 2. The van der Waals surface area contributed by atoms with Crippen LogP contribution in [0.25, 0.3) is 0 Å². The molecule has 90 valence electrons. The number of anilines is 1. The SMILES string of the molecule is O=C(O)c1ccc(O)c(N2CC(Cl)CC2=O)c1. The second-order valence-electron chi connectivity index (χ2n) is 3.81. The van der Waals surface area contributed by atoms with E-state index < -0.39 is 5.97 Å². The van der Waals surface area contributed by atoms with Crippen molar-refractivity contribution in [2.24, 2.45) is 0 Å². The van der Waals surface area contributed by atoms with Gasteiger partial charge in [-0.25, -0.2) is 4.79 Å². The molecular weight excluding hydrogens is 246 g/mol. The Bertz CT molecular complexity index is 488. The van der Waals surface area contributed by atoms with Crippen molar-refractivity contribution >= 4 is 29.2 Å². The zero-order valence-corrected chi connectivity index (χ0v) is 9.52. The van der Waals surface area contributed by atoms with Crippen LogP contribution in [0, 0.1) is 0 Å². The number of nitrogens with zero attached hydrogens (tertiary/aromatic N) is 1. The van der Waals surface area contributed by atoms with E-state index in [9.17, 15) is 14.7 Å². The number of hydrogen-bond acceptors (Lipinski definition) is 3. The van der Waals surface area contributed by atoms with Crippen molar-refractivity contribution in [1.29, 1.82) is 0 Å². The summed E-state index contributed by atoms with van der Waals surface area (Å²) in [4.78, 5) is 23.7. The third-order valence-electron chi connectivity index (χ3n) is 2.59. The molecule has 1 unspecified atom stereocenters. The van der Waals surface area contributed by atoms with E-state index in [-0.39, 0.29) is 41.3 Å². The number of aromatic carboxylic acids is 1. The maximum absolute atomic E-state index is 11.6. The lowest BCUT2D eigenvalue weighted by Gasteiger charge is -2.17. The monoisotopic (exact) mass is 255 g/mol. The highest BCUT2D eigenvalue weighted by atomic mass is 35.5. The molecule has 0 saturated carbocycles. The highest BCUT2D eigenvalue weighted by Crippen LogP contribution is 2.32. The summed E-state index contributed by atoms with van der Waals surface area (Å²) in [5.41, 5.74) is 0.210. The molecule has 0 radical (unpaired) electrons. The van der Waals surface area contributed by atoms with E-state index in [2.05, 4.69) is 0 Å². The van der Waals surface area contributed by atoms with Gasteiger partial charge in [0.25, 0.3) is 0 Å². The van der Waals surface area contributed by atoms with Crippen molar-refractivity contribution in [2.75, 3.05) is 11.4 Å². The second kappa shape index (κ2) is 4.25. The van der Waals surface area contributed by atoms with Gasteiger partial charge in [-0.05, 0) is 18.2 Å². The van der Waals surface area contributed by atoms with E-state index >= 15 is 0 Å². The van der Waals surface area contributed by atoms with Crippen molar-refractivity contribution < 1.29 is 19.8 Å². The van der Waals surface area contributed by atoms with Gasteiger partial charge in [-0.2, -0.15) is 0 Å². The summed E-state index contributed by atoms with van der Waals surface area (Å²) in [5, 5.41) is 18.2. The number of phenolic OH excluding ortho intramolecular Hbond substituents is 1. The molecule has 1 fully saturated rings. The first-order chi connectivity index (χ1) is 7.99. The molecule has 1 aliphatic heterocycles. The molecule has 1 heterocycles. The van der Waals surface area contributed by atoms with Crippen LogP contribution in [0.5, 0.6) is 5.75 Å². The van der Waals surface area contributed by atoms with Crippen LogP contribution in [0.3, 0.4) is 0 Å². The minimum absolute atomic E-state index is 0.0172. The Labute approximate surface area is 102 Å². The molecule has 2 N–H and O–H groups in total.